The SMILES string of the molecule is C=C(c1ccc(C(=O)N2CCCCC2)cc1)c1ccc2c(c1)Cc1ccccc1S2. The first-order valence-electron chi connectivity index (χ1n) is 10.7. The molecule has 5 rings (SSSR count). The predicted molar refractivity (Wildman–Crippen MR) is 124 cm³/mol. The van der Waals surface area contributed by atoms with Crippen LogP contribution in [0.3, 0.4) is 0 Å². The molecule has 3 heteroatoms. The molecule has 1 saturated heterocycles. The molecule has 2 nitrogen and oxygen atoms in total. The molecule has 0 radical (unpaired) electrons. The lowest BCUT2D eigenvalue weighted by Crippen LogP contribution is -2.35. The number of carbonyl (C=O) groups is 1. The third kappa shape index (κ3) is 3.70. The van der Waals surface area contributed by atoms with Crippen molar-refractivity contribution in [2.24, 2.45) is 0 Å². The Kier molecular flexibility index (Phi) is 5.22. The minimum absolute atomic E-state index is 0.149. The summed E-state index contributed by atoms with van der Waals surface area (Å²) in [5, 5.41) is 0. The van der Waals surface area contributed by atoms with Gasteiger partial charge in [-0.2, -0.15) is 0 Å². The second kappa shape index (κ2) is 8.16. The summed E-state index contributed by atoms with van der Waals surface area (Å²) >= 11 is 1.85. The van der Waals surface area contributed by atoms with Crippen molar-refractivity contribution in [3.8, 4) is 0 Å². The minimum atomic E-state index is 0.149. The van der Waals surface area contributed by atoms with Crippen LogP contribution >= 0.6 is 11.8 Å². The van der Waals surface area contributed by atoms with Gasteiger partial charge in [0, 0.05) is 28.4 Å². The summed E-state index contributed by atoms with van der Waals surface area (Å²) in [5.74, 6) is 0.149. The fraction of sp³-hybridized carbons (Fsp3) is 0.222. The van der Waals surface area contributed by atoms with E-state index in [9.17, 15) is 4.79 Å². The lowest BCUT2D eigenvalue weighted by Gasteiger charge is -2.26. The first-order chi connectivity index (χ1) is 14.7. The molecule has 3 aromatic rings. The summed E-state index contributed by atoms with van der Waals surface area (Å²) in [6, 6.07) is 23.2. The number of nitrogens with zero attached hydrogens (tertiary/aromatic N) is 1. The van der Waals surface area contributed by atoms with E-state index < -0.39 is 0 Å². The van der Waals surface area contributed by atoms with Gasteiger partial charge in [-0.25, -0.2) is 0 Å². The van der Waals surface area contributed by atoms with Gasteiger partial charge in [0.05, 0.1) is 0 Å². The molecular weight excluding hydrogens is 386 g/mol. The van der Waals surface area contributed by atoms with Gasteiger partial charge < -0.3 is 4.90 Å². The Morgan fingerprint density at radius 1 is 0.767 bits per heavy atom. The third-order valence-corrected chi connectivity index (χ3v) is 7.34. The maximum Gasteiger partial charge on any atom is 0.253 e. The molecule has 0 bridgehead atoms. The van der Waals surface area contributed by atoms with E-state index in [0.29, 0.717) is 0 Å². The number of piperidine rings is 1. The molecule has 0 unspecified atom stereocenters. The monoisotopic (exact) mass is 411 g/mol. The summed E-state index contributed by atoms with van der Waals surface area (Å²) in [7, 11) is 0. The van der Waals surface area contributed by atoms with Crippen LogP contribution in [0.4, 0.5) is 0 Å². The van der Waals surface area contributed by atoms with Crippen LogP contribution in [0, 0.1) is 0 Å². The molecule has 150 valence electrons. The Labute approximate surface area is 182 Å². The zero-order chi connectivity index (χ0) is 20.5. The standard InChI is InChI=1S/C27H25NOS/c1-19(20-9-11-21(12-10-20)27(29)28-15-5-2-6-16-28)22-13-14-26-24(17-22)18-23-7-3-4-8-25(23)30-26/h3-4,7-14,17H,1-2,5-6,15-16,18H2. The fourth-order valence-corrected chi connectivity index (χ4v) is 5.39. The number of amides is 1. The Hall–Kier alpha value is -2.78. The molecule has 0 aliphatic carbocycles. The van der Waals surface area contributed by atoms with Gasteiger partial charge >= 0.3 is 0 Å². The van der Waals surface area contributed by atoms with Gasteiger partial charge in [-0.1, -0.05) is 54.7 Å². The van der Waals surface area contributed by atoms with E-state index in [2.05, 4.69) is 49.0 Å². The smallest absolute Gasteiger partial charge is 0.253 e. The number of hydrogen-bond donors (Lipinski definition) is 0. The quantitative estimate of drug-likeness (QED) is 0.387. The highest BCUT2D eigenvalue weighted by Crippen LogP contribution is 2.40. The summed E-state index contributed by atoms with van der Waals surface area (Å²) in [6.07, 6.45) is 4.42. The van der Waals surface area contributed by atoms with Gasteiger partial charge in [0.25, 0.3) is 5.91 Å². The molecule has 0 aromatic heterocycles. The van der Waals surface area contributed by atoms with E-state index >= 15 is 0 Å². The van der Waals surface area contributed by atoms with Crippen molar-refractivity contribution in [1.29, 1.82) is 0 Å². The maximum absolute atomic E-state index is 12.7. The van der Waals surface area contributed by atoms with E-state index in [4.69, 9.17) is 0 Å². The molecule has 2 heterocycles. The second-order valence-corrected chi connectivity index (χ2v) is 9.20. The lowest BCUT2D eigenvalue weighted by molar-refractivity contribution is 0.0724. The number of rotatable bonds is 3. The van der Waals surface area contributed by atoms with Crippen molar-refractivity contribution in [1.82, 2.24) is 4.90 Å². The summed E-state index contributed by atoms with van der Waals surface area (Å²) in [6.45, 7) is 6.11. The van der Waals surface area contributed by atoms with Gasteiger partial charge in [-0.05, 0) is 83.8 Å². The Balaban J connectivity index is 1.35. The van der Waals surface area contributed by atoms with Gasteiger partial charge in [-0.15, -0.1) is 0 Å². The molecule has 0 atom stereocenters. The van der Waals surface area contributed by atoms with Crippen LogP contribution in [0.15, 0.2) is 83.1 Å². The molecule has 2 aliphatic rings. The van der Waals surface area contributed by atoms with E-state index in [-0.39, 0.29) is 5.91 Å². The predicted octanol–water partition coefficient (Wildman–Crippen LogP) is 6.43. The number of hydrogen-bond acceptors (Lipinski definition) is 2. The molecule has 0 saturated carbocycles. The normalized spacial score (nSPS) is 15.3. The molecule has 1 amide bonds. The highest BCUT2D eigenvalue weighted by molar-refractivity contribution is 7.99. The largest absolute Gasteiger partial charge is 0.339 e. The zero-order valence-corrected chi connectivity index (χ0v) is 17.9. The third-order valence-electron chi connectivity index (χ3n) is 6.11. The average molecular weight is 412 g/mol. The van der Waals surface area contributed by atoms with Gasteiger partial charge in [-0.3, -0.25) is 4.79 Å². The first kappa shape index (κ1) is 19.2. The number of likely N-dealkylation sites (tertiary alicyclic amines) is 1. The second-order valence-electron chi connectivity index (χ2n) is 8.12. The van der Waals surface area contributed by atoms with Crippen molar-refractivity contribution >= 4 is 23.2 Å². The van der Waals surface area contributed by atoms with Crippen LogP contribution in [-0.2, 0) is 6.42 Å². The van der Waals surface area contributed by atoms with Crippen molar-refractivity contribution < 1.29 is 4.79 Å². The number of carbonyl (C=O) groups excluding carboxylic acids is 1. The van der Waals surface area contributed by atoms with Crippen LogP contribution in [0.1, 0.15) is 51.9 Å². The van der Waals surface area contributed by atoms with E-state index in [1.165, 1.54) is 27.3 Å². The molecule has 3 aromatic carbocycles. The van der Waals surface area contributed by atoms with E-state index in [1.807, 2.05) is 40.9 Å². The molecule has 30 heavy (non-hydrogen) atoms. The van der Waals surface area contributed by atoms with E-state index in [1.54, 1.807) is 0 Å². The highest BCUT2D eigenvalue weighted by Gasteiger charge is 2.19. The van der Waals surface area contributed by atoms with Crippen LogP contribution in [0.2, 0.25) is 0 Å². The summed E-state index contributed by atoms with van der Waals surface area (Å²) < 4.78 is 0. The lowest BCUT2D eigenvalue weighted by atomic mass is 9.95. The molecule has 2 aliphatic heterocycles. The average Bonchev–Trinajstić information content (AvgIpc) is 2.82. The Morgan fingerprint density at radius 3 is 2.23 bits per heavy atom. The number of benzene rings is 3. The fourth-order valence-electron chi connectivity index (χ4n) is 4.34. The Bertz CT molecular complexity index is 1110. The van der Waals surface area contributed by atoms with E-state index in [0.717, 1.165) is 54.6 Å². The highest BCUT2D eigenvalue weighted by atomic mass is 32.2. The minimum Gasteiger partial charge on any atom is -0.339 e. The topological polar surface area (TPSA) is 20.3 Å². The molecule has 0 spiro atoms. The van der Waals surface area contributed by atoms with Crippen molar-refractivity contribution in [2.45, 2.75) is 35.5 Å². The molecular formula is C27H25NOS. The molecule has 1 fully saturated rings. The van der Waals surface area contributed by atoms with Gasteiger partial charge in [0.2, 0.25) is 0 Å². The summed E-state index contributed by atoms with van der Waals surface area (Å²) in [4.78, 5) is 17.4. The van der Waals surface area contributed by atoms with Crippen LogP contribution < -0.4 is 0 Å². The van der Waals surface area contributed by atoms with Gasteiger partial charge in [0.1, 0.15) is 0 Å². The summed E-state index contributed by atoms with van der Waals surface area (Å²) in [5.41, 5.74) is 6.72. The van der Waals surface area contributed by atoms with Gasteiger partial charge in [0.15, 0.2) is 0 Å². The maximum atomic E-state index is 12.7. The van der Waals surface area contributed by atoms with Crippen molar-refractivity contribution in [3.05, 3.63) is 101 Å². The molecule has 0 N–H and O–H groups in total. The van der Waals surface area contributed by atoms with Crippen LogP contribution in [0.5, 0.6) is 0 Å². The van der Waals surface area contributed by atoms with Crippen LogP contribution in [-0.4, -0.2) is 23.9 Å². The zero-order valence-electron chi connectivity index (χ0n) is 17.1. The van der Waals surface area contributed by atoms with Crippen molar-refractivity contribution in [2.75, 3.05) is 13.1 Å². The first-order valence-corrected chi connectivity index (χ1v) is 11.5. The van der Waals surface area contributed by atoms with Crippen LogP contribution in [0.25, 0.3) is 5.57 Å². The van der Waals surface area contributed by atoms with Crippen molar-refractivity contribution in [3.63, 3.8) is 0 Å². The Morgan fingerprint density at radius 2 is 1.43 bits per heavy atom. The number of fused-ring (bicyclic) bond motifs is 2.